The first kappa shape index (κ1) is 12.4. The third-order valence-corrected chi connectivity index (χ3v) is 4.77. The van der Waals surface area contributed by atoms with Crippen molar-refractivity contribution in [3.8, 4) is 0 Å². The van der Waals surface area contributed by atoms with Crippen LogP contribution in [0.5, 0.6) is 0 Å². The monoisotopic (exact) mass is 225 g/mol. The van der Waals surface area contributed by atoms with Crippen molar-refractivity contribution in [2.24, 2.45) is 5.92 Å². The molecule has 0 amide bonds. The summed E-state index contributed by atoms with van der Waals surface area (Å²) in [5, 5.41) is 10.1. The van der Waals surface area contributed by atoms with Gasteiger partial charge in [0.25, 0.3) is 0 Å². The SMILES string of the molecule is CCC(C)N1CCCCC1C1CCCC1O. The molecule has 4 atom stereocenters. The summed E-state index contributed by atoms with van der Waals surface area (Å²) >= 11 is 0. The zero-order chi connectivity index (χ0) is 11.5. The summed E-state index contributed by atoms with van der Waals surface area (Å²) in [7, 11) is 0. The summed E-state index contributed by atoms with van der Waals surface area (Å²) in [6.45, 7) is 5.88. The van der Waals surface area contributed by atoms with Crippen molar-refractivity contribution < 1.29 is 5.11 Å². The number of hydrogen-bond donors (Lipinski definition) is 1. The van der Waals surface area contributed by atoms with Crippen molar-refractivity contribution in [2.45, 2.75) is 77.0 Å². The molecule has 0 radical (unpaired) electrons. The average Bonchev–Trinajstić information content (AvgIpc) is 2.74. The molecule has 0 spiro atoms. The van der Waals surface area contributed by atoms with Crippen molar-refractivity contribution in [1.29, 1.82) is 0 Å². The Labute approximate surface area is 100 Å². The molecule has 2 rings (SSSR count). The van der Waals surface area contributed by atoms with Crippen LogP contribution in [0.15, 0.2) is 0 Å². The van der Waals surface area contributed by atoms with E-state index in [0.29, 0.717) is 18.0 Å². The maximum absolute atomic E-state index is 10.1. The highest BCUT2D eigenvalue weighted by atomic mass is 16.3. The predicted octanol–water partition coefficient (Wildman–Crippen LogP) is 2.80. The van der Waals surface area contributed by atoms with Gasteiger partial charge in [-0.3, -0.25) is 4.90 Å². The lowest BCUT2D eigenvalue weighted by Crippen LogP contribution is -2.50. The van der Waals surface area contributed by atoms with E-state index < -0.39 is 0 Å². The molecule has 0 aromatic rings. The molecule has 1 saturated carbocycles. The number of aliphatic hydroxyl groups is 1. The molecule has 0 aromatic carbocycles. The van der Waals surface area contributed by atoms with Gasteiger partial charge in [0.2, 0.25) is 0 Å². The normalized spacial score (nSPS) is 38.8. The Morgan fingerprint density at radius 1 is 1.19 bits per heavy atom. The third-order valence-electron chi connectivity index (χ3n) is 4.77. The van der Waals surface area contributed by atoms with Gasteiger partial charge in [-0.15, -0.1) is 0 Å². The highest BCUT2D eigenvalue weighted by Gasteiger charge is 2.37. The second-order valence-electron chi connectivity index (χ2n) is 5.72. The first-order valence-corrected chi connectivity index (χ1v) is 7.17. The fourth-order valence-electron chi connectivity index (χ4n) is 3.64. The van der Waals surface area contributed by atoms with Gasteiger partial charge < -0.3 is 5.11 Å². The van der Waals surface area contributed by atoms with Crippen molar-refractivity contribution in [1.82, 2.24) is 4.90 Å². The van der Waals surface area contributed by atoms with E-state index in [1.807, 2.05) is 0 Å². The van der Waals surface area contributed by atoms with E-state index in [1.165, 1.54) is 45.1 Å². The van der Waals surface area contributed by atoms with E-state index >= 15 is 0 Å². The van der Waals surface area contributed by atoms with Crippen LogP contribution in [0.2, 0.25) is 0 Å². The van der Waals surface area contributed by atoms with Crippen LogP contribution in [0.4, 0.5) is 0 Å². The smallest absolute Gasteiger partial charge is 0.0583 e. The van der Waals surface area contributed by atoms with Crippen LogP contribution in [-0.2, 0) is 0 Å². The zero-order valence-electron chi connectivity index (χ0n) is 10.9. The lowest BCUT2D eigenvalue weighted by molar-refractivity contribution is 0.0147. The fraction of sp³-hybridized carbons (Fsp3) is 1.00. The lowest BCUT2D eigenvalue weighted by atomic mass is 9.86. The largest absolute Gasteiger partial charge is 0.393 e. The van der Waals surface area contributed by atoms with Gasteiger partial charge in [0.15, 0.2) is 0 Å². The molecule has 2 nitrogen and oxygen atoms in total. The number of likely N-dealkylation sites (tertiary alicyclic amines) is 1. The van der Waals surface area contributed by atoms with Crippen LogP contribution in [-0.4, -0.2) is 34.7 Å². The van der Waals surface area contributed by atoms with Gasteiger partial charge in [0.1, 0.15) is 0 Å². The molecule has 0 bridgehead atoms. The topological polar surface area (TPSA) is 23.5 Å². The Hall–Kier alpha value is -0.0800. The molecular weight excluding hydrogens is 198 g/mol. The fourth-order valence-corrected chi connectivity index (χ4v) is 3.64. The van der Waals surface area contributed by atoms with Crippen LogP contribution >= 0.6 is 0 Å². The number of rotatable bonds is 3. The summed E-state index contributed by atoms with van der Waals surface area (Å²) < 4.78 is 0. The highest BCUT2D eigenvalue weighted by molar-refractivity contribution is 4.91. The number of aliphatic hydroxyl groups excluding tert-OH is 1. The van der Waals surface area contributed by atoms with Gasteiger partial charge in [0, 0.05) is 18.0 Å². The van der Waals surface area contributed by atoms with Crippen molar-refractivity contribution in [3.05, 3.63) is 0 Å². The van der Waals surface area contributed by atoms with E-state index in [4.69, 9.17) is 0 Å². The maximum atomic E-state index is 10.1. The van der Waals surface area contributed by atoms with Crippen LogP contribution in [0, 0.1) is 5.92 Å². The van der Waals surface area contributed by atoms with Gasteiger partial charge in [-0.2, -0.15) is 0 Å². The summed E-state index contributed by atoms with van der Waals surface area (Å²) in [6, 6.07) is 1.36. The molecular formula is C14H27NO. The van der Waals surface area contributed by atoms with Gasteiger partial charge in [0.05, 0.1) is 6.10 Å². The highest BCUT2D eigenvalue weighted by Crippen LogP contribution is 2.36. The van der Waals surface area contributed by atoms with E-state index in [-0.39, 0.29) is 6.10 Å². The summed E-state index contributed by atoms with van der Waals surface area (Å²) in [4.78, 5) is 2.68. The Balaban J connectivity index is 2.03. The maximum Gasteiger partial charge on any atom is 0.0583 e. The number of hydrogen-bond acceptors (Lipinski definition) is 2. The van der Waals surface area contributed by atoms with Crippen LogP contribution in [0.25, 0.3) is 0 Å². The first-order chi connectivity index (χ1) is 7.74. The molecule has 94 valence electrons. The van der Waals surface area contributed by atoms with E-state index in [9.17, 15) is 5.11 Å². The molecule has 2 aliphatic rings. The van der Waals surface area contributed by atoms with Gasteiger partial charge >= 0.3 is 0 Å². The van der Waals surface area contributed by atoms with Crippen LogP contribution in [0.1, 0.15) is 58.8 Å². The Morgan fingerprint density at radius 3 is 2.62 bits per heavy atom. The second-order valence-corrected chi connectivity index (χ2v) is 5.72. The van der Waals surface area contributed by atoms with E-state index in [1.54, 1.807) is 0 Å². The lowest BCUT2D eigenvalue weighted by Gasteiger charge is -2.43. The summed E-state index contributed by atoms with van der Waals surface area (Å²) in [6.07, 6.45) is 8.76. The molecule has 1 heterocycles. The number of piperidine rings is 1. The van der Waals surface area contributed by atoms with Crippen molar-refractivity contribution in [3.63, 3.8) is 0 Å². The number of nitrogens with zero attached hydrogens (tertiary/aromatic N) is 1. The van der Waals surface area contributed by atoms with E-state index in [0.717, 1.165) is 6.42 Å². The third kappa shape index (κ3) is 2.43. The summed E-state index contributed by atoms with van der Waals surface area (Å²) in [5.41, 5.74) is 0. The van der Waals surface area contributed by atoms with Gasteiger partial charge in [-0.05, 0) is 45.6 Å². The minimum absolute atomic E-state index is 0.0188. The Kier molecular flexibility index (Phi) is 4.26. The average molecular weight is 225 g/mol. The van der Waals surface area contributed by atoms with Gasteiger partial charge in [-0.25, -0.2) is 0 Å². The minimum Gasteiger partial charge on any atom is -0.393 e. The molecule has 1 N–H and O–H groups in total. The molecule has 2 fully saturated rings. The van der Waals surface area contributed by atoms with Crippen molar-refractivity contribution >= 4 is 0 Å². The van der Waals surface area contributed by atoms with E-state index in [2.05, 4.69) is 18.7 Å². The molecule has 4 unspecified atom stereocenters. The molecule has 16 heavy (non-hydrogen) atoms. The Bertz CT molecular complexity index is 219. The minimum atomic E-state index is -0.0188. The summed E-state index contributed by atoms with van der Waals surface area (Å²) in [5.74, 6) is 0.564. The van der Waals surface area contributed by atoms with Crippen LogP contribution < -0.4 is 0 Å². The van der Waals surface area contributed by atoms with Crippen LogP contribution in [0.3, 0.4) is 0 Å². The quantitative estimate of drug-likeness (QED) is 0.798. The zero-order valence-corrected chi connectivity index (χ0v) is 10.9. The molecule has 1 saturated heterocycles. The standard InChI is InChI=1S/C14H27NO/c1-3-11(2)15-10-5-4-8-13(15)12-7-6-9-14(12)16/h11-14,16H,3-10H2,1-2H3. The molecule has 1 aliphatic carbocycles. The molecule has 1 aliphatic heterocycles. The predicted molar refractivity (Wildman–Crippen MR) is 67.4 cm³/mol. The molecule has 2 heteroatoms. The van der Waals surface area contributed by atoms with Gasteiger partial charge in [-0.1, -0.05) is 19.8 Å². The van der Waals surface area contributed by atoms with Crippen molar-refractivity contribution in [2.75, 3.05) is 6.54 Å². The molecule has 0 aromatic heterocycles. The Morgan fingerprint density at radius 2 is 2.00 bits per heavy atom. The first-order valence-electron chi connectivity index (χ1n) is 7.17. The second kappa shape index (κ2) is 5.50.